The van der Waals surface area contributed by atoms with Crippen LogP contribution in [0.25, 0.3) is 0 Å². The Balaban J connectivity index is 2.40. The molecule has 0 aromatic carbocycles. The van der Waals surface area contributed by atoms with Crippen LogP contribution in [0.3, 0.4) is 0 Å². The number of nitrogens with zero attached hydrogens (tertiary/aromatic N) is 2. The third-order valence-electron chi connectivity index (χ3n) is 3.16. The number of amides is 1. The fraction of sp³-hybridized carbons (Fsp3) is 0.818. The molecule has 0 aliphatic carbocycles. The van der Waals surface area contributed by atoms with Crippen LogP contribution in [0.1, 0.15) is 39.5 Å². The van der Waals surface area contributed by atoms with Crippen LogP contribution in [0.15, 0.2) is 0 Å². The van der Waals surface area contributed by atoms with Crippen molar-refractivity contribution < 1.29 is 4.79 Å². The van der Waals surface area contributed by atoms with Crippen molar-refractivity contribution in [2.75, 3.05) is 13.1 Å². The third-order valence-corrected chi connectivity index (χ3v) is 3.16. The molecule has 1 heterocycles. The minimum atomic E-state index is -0.261. The molecule has 1 amide bonds. The van der Waals surface area contributed by atoms with Crippen LogP contribution in [0, 0.1) is 16.7 Å². The first-order valence-corrected chi connectivity index (χ1v) is 5.30. The van der Waals surface area contributed by atoms with Crippen molar-refractivity contribution in [1.82, 2.24) is 4.90 Å². The fourth-order valence-corrected chi connectivity index (χ4v) is 1.63. The van der Waals surface area contributed by atoms with Crippen LogP contribution in [0.2, 0.25) is 0 Å². The molecular formula is C11H18N2O. The van der Waals surface area contributed by atoms with Gasteiger partial charge in [-0.15, -0.1) is 0 Å². The van der Waals surface area contributed by atoms with Gasteiger partial charge in [0.25, 0.3) is 0 Å². The molecule has 0 spiro atoms. The highest BCUT2D eigenvalue weighted by molar-refractivity contribution is 5.78. The van der Waals surface area contributed by atoms with Gasteiger partial charge in [-0.3, -0.25) is 4.79 Å². The highest BCUT2D eigenvalue weighted by atomic mass is 16.2. The van der Waals surface area contributed by atoms with Crippen molar-refractivity contribution in [2.24, 2.45) is 5.41 Å². The topological polar surface area (TPSA) is 44.1 Å². The Labute approximate surface area is 85.7 Å². The average Bonchev–Trinajstić information content (AvgIpc) is 2.61. The van der Waals surface area contributed by atoms with Gasteiger partial charge in [0.15, 0.2) is 0 Å². The summed E-state index contributed by atoms with van der Waals surface area (Å²) in [5, 5.41) is 8.97. The summed E-state index contributed by atoms with van der Waals surface area (Å²) >= 11 is 0. The summed E-state index contributed by atoms with van der Waals surface area (Å²) < 4.78 is 0. The summed E-state index contributed by atoms with van der Waals surface area (Å²) in [7, 11) is 0. The Morgan fingerprint density at radius 2 is 2.36 bits per heavy atom. The predicted molar refractivity (Wildman–Crippen MR) is 54.4 cm³/mol. The average molecular weight is 194 g/mol. The molecule has 1 aliphatic rings. The van der Waals surface area contributed by atoms with E-state index in [4.69, 9.17) is 5.26 Å². The quantitative estimate of drug-likeness (QED) is 0.686. The molecule has 1 atom stereocenters. The highest BCUT2D eigenvalue weighted by Crippen LogP contribution is 2.25. The van der Waals surface area contributed by atoms with Gasteiger partial charge in [-0.05, 0) is 26.2 Å². The van der Waals surface area contributed by atoms with Crippen molar-refractivity contribution in [3.63, 3.8) is 0 Å². The van der Waals surface area contributed by atoms with E-state index < -0.39 is 0 Å². The fourth-order valence-electron chi connectivity index (χ4n) is 1.63. The number of carbonyl (C=O) groups excluding carboxylic acids is 1. The molecule has 0 N–H and O–H groups in total. The molecule has 1 aliphatic heterocycles. The maximum atomic E-state index is 11.3. The molecule has 0 saturated carbocycles. The number of nitriles is 1. The summed E-state index contributed by atoms with van der Waals surface area (Å²) in [6, 6.07) is 2.33. The minimum Gasteiger partial charge on any atom is -0.343 e. The zero-order valence-electron chi connectivity index (χ0n) is 9.05. The molecule has 1 rings (SSSR count). The molecule has 78 valence electrons. The van der Waals surface area contributed by atoms with Crippen LogP contribution >= 0.6 is 0 Å². The van der Waals surface area contributed by atoms with E-state index in [0.717, 1.165) is 32.4 Å². The van der Waals surface area contributed by atoms with Crippen molar-refractivity contribution in [1.29, 1.82) is 5.26 Å². The lowest BCUT2D eigenvalue weighted by Crippen LogP contribution is -2.29. The van der Waals surface area contributed by atoms with E-state index in [2.05, 4.69) is 6.07 Å². The first-order chi connectivity index (χ1) is 6.61. The molecular weight excluding hydrogens is 176 g/mol. The Morgan fingerprint density at radius 1 is 1.64 bits per heavy atom. The molecule has 0 radical (unpaired) electrons. The Bertz CT molecular complexity index is 257. The second-order valence-electron chi connectivity index (χ2n) is 4.26. The van der Waals surface area contributed by atoms with Crippen LogP contribution < -0.4 is 0 Å². The molecule has 1 fully saturated rings. The molecule has 3 heteroatoms. The SMILES string of the molecule is CCC(C)(C#N)CCN1CCCC1=O. The molecule has 1 unspecified atom stereocenters. The molecule has 0 aromatic heterocycles. The highest BCUT2D eigenvalue weighted by Gasteiger charge is 2.25. The Hall–Kier alpha value is -1.04. The van der Waals surface area contributed by atoms with Gasteiger partial charge in [0.05, 0.1) is 11.5 Å². The van der Waals surface area contributed by atoms with Crippen molar-refractivity contribution in [3.05, 3.63) is 0 Å². The van der Waals surface area contributed by atoms with Gasteiger partial charge in [-0.2, -0.15) is 5.26 Å². The lowest BCUT2D eigenvalue weighted by molar-refractivity contribution is -0.127. The number of carbonyl (C=O) groups is 1. The van der Waals surface area contributed by atoms with Crippen molar-refractivity contribution in [3.8, 4) is 6.07 Å². The maximum absolute atomic E-state index is 11.3. The lowest BCUT2D eigenvalue weighted by atomic mass is 9.86. The molecule has 0 bridgehead atoms. The van der Waals surface area contributed by atoms with Gasteiger partial charge in [-0.1, -0.05) is 6.92 Å². The third kappa shape index (κ3) is 2.47. The largest absolute Gasteiger partial charge is 0.343 e. The van der Waals surface area contributed by atoms with Crippen molar-refractivity contribution in [2.45, 2.75) is 39.5 Å². The molecule has 14 heavy (non-hydrogen) atoms. The van der Waals surface area contributed by atoms with Gasteiger partial charge in [0.2, 0.25) is 5.91 Å². The first kappa shape index (κ1) is 11.0. The van der Waals surface area contributed by atoms with E-state index in [1.54, 1.807) is 0 Å². The maximum Gasteiger partial charge on any atom is 0.222 e. The van der Waals surface area contributed by atoms with E-state index >= 15 is 0 Å². The summed E-state index contributed by atoms with van der Waals surface area (Å²) in [6.07, 6.45) is 3.32. The predicted octanol–water partition coefficient (Wildman–Crippen LogP) is 1.94. The van der Waals surface area contributed by atoms with Gasteiger partial charge in [-0.25, -0.2) is 0 Å². The van der Waals surface area contributed by atoms with E-state index in [9.17, 15) is 4.79 Å². The number of hydrogen-bond acceptors (Lipinski definition) is 2. The Morgan fingerprint density at radius 3 is 2.79 bits per heavy atom. The van der Waals surface area contributed by atoms with Crippen molar-refractivity contribution >= 4 is 5.91 Å². The summed E-state index contributed by atoms with van der Waals surface area (Å²) in [5.41, 5.74) is -0.261. The normalized spacial score (nSPS) is 20.6. The summed E-state index contributed by atoms with van der Waals surface area (Å²) in [6.45, 7) is 5.61. The van der Waals surface area contributed by atoms with E-state index in [1.807, 2.05) is 18.7 Å². The smallest absolute Gasteiger partial charge is 0.222 e. The van der Waals surface area contributed by atoms with Gasteiger partial charge in [0, 0.05) is 19.5 Å². The monoisotopic (exact) mass is 194 g/mol. The summed E-state index contributed by atoms with van der Waals surface area (Å²) in [5.74, 6) is 0.251. The second-order valence-corrected chi connectivity index (χ2v) is 4.26. The standard InChI is InChI=1S/C11H18N2O/c1-3-11(2,9-12)6-8-13-7-4-5-10(13)14/h3-8H2,1-2H3. The van der Waals surface area contributed by atoms with Crippen LogP contribution in [0.4, 0.5) is 0 Å². The second kappa shape index (κ2) is 4.45. The Kier molecular flexibility index (Phi) is 3.51. The zero-order valence-corrected chi connectivity index (χ0v) is 9.05. The lowest BCUT2D eigenvalue weighted by Gasteiger charge is -2.23. The van der Waals surface area contributed by atoms with Gasteiger partial charge in [0.1, 0.15) is 0 Å². The number of hydrogen-bond donors (Lipinski definition) is 0. The van der Waals surface area contributed by atoms with E-state index in [-0.39, 0.29) is 11.3 Å². The first-order valence-electron chi connectivity index (χ1n) is 5.30. The molecule has 3 nitrogen and oxygen atoms in total. The molecule has 1 saturated heterocycles. The van der Waals surface area contributed by atoms with E-state index in [0.29, 0.717) is 6.42 Å². The number of likely N-dealkylation sites (tertiary alicyclic amines) is 1. The summed E-state index contributed by atoms with van der Waals surface area (Å²) in [4.78, 5) is 13.2. The van der Waals surface area contributed by atoms with Crippen LogP contribution in [-0.2, 0) is 4.79 Å². The number of rotatable bonds is 4. The van der Waals surface area contributed by atoms with Crippen LogP contribution in [0.5, 0.6) is 0 Å². The zero-order chi connectivity index (χ0) is 10.6. The molecule has 0 aromatic rings. The van der Waals surface area contributed by atoms with Crippen LogP contribution in [-0.4, -0.2) is 23.9 Å². The van der Waals surface area contributed by atoms with Gasteiger partial charge < -0.3 is 4.90 Å². The van der Waals surface area contributed by atoms with E-state index in [1.165, 1.54) is 0 Å². The van der Waals surface area contributed by atoms with Gasteiger partial charge >= 0.3 is 0 Å². The minimum absolute atomic E-state index is 0.251.